The summed E-state index contributed by atoms with van der Waals surface area (Å²) in [6, 6.07) is 11.5. The van der Waals surface area contributed by atoms with Crippen LogP contribution < -0.4 is 15.4 Å². The van der Waals surface area contributed by atoms with E-state index >= 15 is 0 Å². The smallest absolute Gasteiger partial charge is 0.326 e. The summed E-state index contributed by atoms with van der Waals surface area (Å²) in [7, 11) is 1.45. The van der Waals surface area contributed by atoms with Crippen LogP contribution >= 0.6 is 27.5 Å². The number of rotatable bonds is 7. The van der Waals surface area contributed by atoms with Gasteiger partial charge in [0.2, 0.25) is 0 Å². The molecule has 0 aliphatic rings. The van der Waals surface area contributed by atoms with Crippen LogP contribution in [0.25, 0.3) is 0 Å². The van der Waals surface area contributed by atoms with Crippen LogP contribution in [0.4, 0.5) is 5.69 Å². The molecule has 2 aromatic rings. The van der Waals surface area contributed by atoms with E-state index in [0.29, 0.717) is 22.0 Å². The minimum absolute atomic E-state index is 0.353. The topological polar surface area (TPSA) is 93.7 Å². The molecule has 0 saturated carbocycles. The molecule has 0 aliphatic carbocycles. The van der Waals surface area contributed by atoms with Gasteiger partial charge in [0, 0.05) is 15.1 Å². The summed E-state index contributed by atoms with van der Waals surface area (Å²) >= 11 is 9.18. The lowest BCUT2D eigenvalue weighted by molar-refractivity contribution is -0.152. The van der Waals surface area contributed by atoms with Crippen LogP contribution in [0.5, 0.6) is 5.75 Å². The van der Waals surface area contributed by atoms with E-state index in [0.717, 1.165) is 4.47 Å². The molecule has 2 aromatic carbocycles. The first-order chi connectivity index (χ1) is 13.3. The molecule has 0 aromatic heterocycles. The normalized spacial score (nSPS) is 11.3. The predicted molar refractivity (Wildman–Crippen MR) is 109 cm³/mol. The van der Waals surface area contributed by atoms with Crippen molar-refractivity contribution in [3.8, 4) is 5.75 Å². The monoisotopic (exact) mass is 468 g/mol. The van der Waals surface area contributed by atoms with E-state index in [1.165, 1.54) is 20.1 Å². The summed E-state index contributed by atoms with van der Waals surface area (Å²) in [5, 5.41) is 5.44. The molecule has 9 heteroatoms. The number of hydrogen-bond donors (Lipinski definition) is 2. The number of amides is 2. The van der Waals surface area contributed by atoms with Gasteiger partial charge in [0.1, 0.15) is 12.3 Å². The molecule has 148 valence electrons. The van der Waals surface area contributed by atoms with Crippen molar-refractivity contribution in [1.29, 1.82) is 0 Å². The number of ether oxygens (including phenoxy) is 2. The van der Waals surface area contributed by atoms with Crippen LogP contribution in [0.15, 0.2) is 46.9 Å². The first-order valence-corrected chi connectivity index (χ1v) is 9.35. The molecule has 2 N–H and O–H groups in total. The molecule has 0 saturated heterocycles. The van der Waals surface area contributed by atoms with Crippen LogP contribution in [0.2, 0.25) is 5.02 Å². The molecule has 0 spiro atoms. The van der Waals surface area contributed by atoms with Crippen LogP contribution in [0.1, 0.15) is 17.3 Å². The molecule has 0 radical (unpaired) electrons. The number of carbonyl (C=O) groups is 3. The predicted octanol–water partition coefficient (Wildman–Crippen LogP) is 3.41. The summed E-state index contributed by atoms with van der Waals surface area (Å²) in [6.45, 7) is 1.05. The molecule has 1 unspecified atom stereocenters. The average Bonchev–Trinajstić information content (AvgIpc) is 2.66. The maximum Gasteiger partial charge on any atom is 0.326 e. The van der Waals surface area contributed by atoms with Crippen LogP contribution in [-0.2, 0) is 14.3 Å². The number of methoxy groups -OCH3 is 1. The second kappa shape index (κ2) is 10.1. The highest BCUT2D eigenvalue weighted by atomic mass is 79.9. The number of anilines is 1. The van der Waals surface area contributed by atoms with Gasteiger partial charge < -0.3 is 20.1 Å². The Morgan fingerprint density at radius 1 is 1.18 bits per heavy atom. The third-order valence-corrected chi connectivity index (χ3v) is 4.31. The molecular formula is C19H18BrClN2O5. The second-order valence-electron chi connectivity index (χ2n) is 5.66. The molecule has 1 atom stereocenters. The third-order valence-electron chi connectivity index (χ3n) is 3.58. The summed E-state index contributed by atoms with van der Waals surface area (Å²) in [5.74, 6) is -1.33. The molecule has 2 amide bonds. The molecule has 2 rings (SSSR count). The summed E-state index contributed by atoms with van der Waals surface area (Å²) in [6.07, 6.45) is -1.08. The third kappa shape index (κ3) is 6.24. The van der Waals surface area contributed by atoms with Gasteiger partial charge in [-0.1, -0.05) is 33.6 Å². The second-order valence-corrected chi connectivity index (χ2v) is 7.01. The van der Waals surface area contributed by atoms with E-state index < -0.39 is 23.9 Å². The molecule has 0 bridgehead atoms. The van der Waals surface area contributed by atoms with Gasteiger partial charge in [-0.3, -0.25) is 14.4 Å². The highest BCUT2D eigenvalue weighted by Crippen LogP contribution is 2.27. The molecule has 0 aliphatic heterocycles. The van der Waals surface area contributed by atoms with Crippen LogP contribution in [-0.4, -0.2) is 37.5 Å². The van der Waals surface area contributed by atoms with Gasteiger partial charge in [0.25, 0.3) is 11.8 Å². The van der Waals surface area contributed by atoms with Crippen molar-refractivity contribution in [2.24, 2.45) is 0 Å². The van der Waals surface area contributed by atoms with Gasteiger partial charge >= 0.3 is 5.97 Å². The van der Waals surface area contributed by atoms with Gasteiger partial charge in [-0.2, -0.15) is 0 Å². The highest BCUT2D eigenvalue weighted by Gasteiger charge is 2.20. The lowest BCUT2D eigenvalue weighted by Crippen LogP contribution is -2.35. The maximum atomic E-state index is 12.2. The van der Waals surface area contributed by atoms with Crippen molar-refractivity contribution in [2.75, 3.05) is 19.0 Å². The lowest BCUT2D eigenvalue weighted by Gasteiger charge is -2.15. The average molecular weight is 470 g/mol. The number of halogens is 2. The zero-order chi connectivity index (χ0) is 20.7. The Balaban J connectivity index is 1.87. The molecule has 0 fully saturated rings. The Morgan fingerprint density at radius 2 is 1.93 bits per heavy atom. The summed E-state index contributed by atoms with van der Waals surface area (Å²) in [4.78, 5) is 36.2. The van der Waals surface area contributed by atoms with Crippen LogP contribution in [0, 0.1) is 0 Å². The van der Waals surface area contributed by atoms with E-state index in [1.807, 2.05) is 0 Å². The minimum Gasteiger partial charge on any atom is -0.495 e. The Kier molecular flexibility index (Phi) is 7.83. The van der Waals surface area contributed by atoms with Crippen molar-refractivity contribution < 1.29 is 23.9 Å². The Hall–Kier alpha value is -2.58. The quantitative estimate of drug-likeness (QED) is 0.606. The van der Waals surface area contributed by atoms with E-state index in [-0.39, 0.29) is 6.54 Å². The number of benzene rings is 2. The number of carbonyl (C=O) groups excluding carboxylic acids is 3. The van der Waals surface area contributed by atoms with E-state index in [9.17, 15) is 14.4 Å². The van der Waals surface area contributed by atoms with E-state index in [4.69, 9.17) is 21.1 Å². The van der Waals surface area contributed by atoms with Crippen molar-refractivity contribution in [1.82, 2.24) is 5.32 Å². The van der Waals surface area contributed by atoms with Gasteiger partial charge in [0.05, 0.1) is 12.8 Å². The molecule has 28 heavy (non-hydrogen) atoms. The number of nitrogens with one attached hydrogen (secondary N) is 2. The summed E-state index contributed by atoms with van der Waals surface area (Å²) in [5.41, 5.74) is 0.742. The first kappa shape index (κ1) is 21.7. The Morgan fingerprint density at radius 3 is 2.61 bits per heavy atom. The zero-order valence-corrected chi connectivity index (χ0v) is 17.5. The number of hydrogen-bond acceptors (Lipinski definition) is 5. The molecule has 0 heterocycles. The van der Waals surface area contributed by atoms with Crippen molar-refractivity contribution in [3.05, 3.63) is 57.5 Å². The van der Waals surface area contributed by atoms with Crippen LogP contribution in [0.3, 0.4) is 0 Å². The van der Waals surface area contributed by atoms with Gasteiger partial charge in [-0.15, -0.1) is 0 Å². The number of esters is 1. The van der Waals surface area contributed by atoms with Crippen molar-refractivity contribution in [2.45, 2.75) is 13.0 Å². The maximum absolute atomic E-state index is 12.2. The van der Waals surface area contributed by atoms with Gasteiger partial charge in [-0.05, 0) is 43.3 Å². The van der Waals surface area contributed by atoms with E-state index in [1.54, 1.807) is 36.4 Å². The highest BCUT2D eigenvalue weighted by molar-refractivity contribution is 9.10. The van der Waals surface area contributed by atoms with Crippen molar-refractivity contribution in [3.63, 3.8) is 0 Å². The summed E-state index contributed by atoms with van der Waals surface area (Å²) < 4.78 is 10.9. The fourth-order valence-electron chi connectivity index (χ4n) is 2.19. The fraction of sp³-hybridized carbons (Fsp3) is 0.211. The molecule has 7 nitrogen and oxygen atoms in total. The van der Waals surface area contributed by atoms with E-state index in [2.05, 4.69) is 26.6 Å². The SMILES string of the molecule is COc1ccc(Cl)cc1NC(=O)C(C)OC(=O)CNC(=O)c1cccc(Br)c1. The Labute approximate surface area is 175 Å². The standard InChI is InChI=1S/C19H18BrClN2O5/c1-11(18(25)23-15-9-14(21)6-7-16(15)27-2)28-17(24)10-22-19(26)12-4-3-5-13(20)8-12/h3-9,11H,10H2,1-2H3,(H,22,26)(H,23,25). The lowest BCUT2D eigenvalue weighted by atomic mass is 10.2. The minimum atomic E-state index is -1.08. The largest absolute Gasteiger partial charge is 0.495 e. The zero-order valence-electron chi connectivity index (χ0n) is 15.1. The fourth-order valence-corrected chi connectivity index (χ4v) is 2.76. The van der Waals surface area contributed by atoms with Gasteiger partial charge in [0.15, 0.2) is 6.10 Å². The Bertz CT molecular complexity index is 890. The molecular weight excluding hydrogens is 452 g/mol. The first-order valence-electron chi connectivity index (χ1n) is 8.18. The van der Waals surface area contributed by atoms with Gasteiger partial charge in [-0.25, -0.2) is 0 Å². The van der Waals surface area contributed by atoms with Crippen molar-refractivity contribution >= 4 is 51.0 Å².